The van der Waals surface area contributed by atoms with Gasteiger partial charge in [0.25, 0.3) is 5.91 Å². The van der Waals surface area contributed by atoms with Crippen molar-refractivity contribution in [3.05, 3.63) is 41.5 Å². The number of hydrogen-bond donors (Lipinski definition) is 0. The van der Waals surface area contributed by atoms with E-state index < -0.39 is 0 Å². The zero-order valence-corrected chi connectivity index (χ0v) is 10.1. The van der Waals surface area contributed by atoms with Crippen LogP contribution in [0.5, 0.6) is 0 Å². The van der Waals surface area contributed by atoms with E-state index in [0.717, 1.165) is 18.4 Å². The molecule has 0 spiro atoms. The molecule has 0 radical (unpaired) electrons. The van der Waals surface area contributed by atoms with Crippen LogP contribution < -0.4 is 0 Å². The molecule has 3 heteroatoms. The van der Waals surface area contributed by atoms with Crippen molar-refractivity contribution in [2.75, 3.05) is 13.2 Å². The molecule has 1 aromatic carbocycles. The molecule has 3 nitrogen and oxygen atoms in total. The molecule has 1 aliphatic heterocycles. The Balaban J connectivity index is 1.96. The first-order valence-corrected chi connectivity index (χ1v) is 6.01. The number of hydroxylamine groups is 2. The highest BCUT2D eigenvalue weighted by Crippen LogP contribution is 2.09. The first-order chi connectivity index (χ1) is 8.29. The quantitative estimate of drug-likeness (QED) is 0.748. The second kappa shape index (κ2) is 5.64. The summed E-state index contributed by atoms with van der Waals surface area (Å²) in [5.41, 5.74) is 2.34. The molecule has 2 rings (SSSR count). The number of rotatable bonds is 3. The Morgan fingerprint density at radius 3 is 2.76 bits per heavy atom. The number of aryl methyl sites for hydroxylation is 1. The Bertz CT molecular complexity index is 403. The van der Waals surface area contributed by atoms with Gasteiger partial charge in [0, 0.05) is 6.08 Å². The fraction of sp³-hybridized carbons (Fsp3) is 0.357. The van der Waals surface area contributed by atoms with Crippen LogP contribution in [0.25, 0.3) is 6.08 Å². The number of hydrogen-bond acceptors (Lipinski definition) is 2. The van der Waals surface area contributed by atoms with Crippen molar-refractivity contribution in [3.8, 4) is 0 Å². The summed E-state index contributed by atoms with van der Waals surface area (Å²) in [5, 5.41) is 1.41. The van der Waals surface area contributed by atoms with E-state index in [0.29, 0.717) is 13.2 Å². The van der Waals surface area contributed by atoms with E-state index in [9.17, 15) is 4.79 Å². The number of carbonyl (C=O) groups excluding carboxylic acids is 1. The Kier molecular flexibility index (Phi) is 3.94. The van der Waals surface area contributed by atoms with Gasteiger partial charge in [-0.05, 0) is 30.0 Å². The number of benzene rings is 1. The van der Waals surface area contributed by atoms with Gasteiger partial charge in [0.1, 0.15) is 0 Å². The van der Waals surface area contributed by atoms with Crippen LogP contribution in [0.15, 0.2) is 30.3 Å². The van der Waals surface area contributed by atoms with E-state index in [1.165, 1.54) is 10.6 Å². The van der Waals surface area contributed by atoms with Crippen molar-refractivity contribution in [2.45, 2.75) is 19.8 Å². The monoisotopic (exact) mass is 231 g/mol. The predicted octanol–water partition coefficient (Wildman–Crippen LogP) is 2.43. The van der Waals surface area contributed by atoms with Gasteiger partial charge >= 0.3 is 0 Å². The molecule has 1 amide bonds. The standard InChI is InChI=1S/C14H17NO2/c1-2-12-4-6-13(7-5-12)8-9-14(16)15-10-3-11-17-15/h4-9H,2-3,10-11H2,1H3/b9-8+. The lowest BCUT2D eigenvalue weighted by molar-refractivity contribution is -0.162. The van der Waals surface area contributed by atoms with Gasteiger partial charge in [-0.25, -0.2) is 5.06 Å². The van der Waals surface area contributed by atoms with Crippen LogP contribution in [0, 0.1) is 0 Å². The summed E-state index contributed by atoms with van der Waals surface area (Å²) in [7, 11) is 0. The van der Waals surface area contributed by atoms with Gasteiger partial charge < -0.3 is 0 Å². The highest BCUT2D eigenvalue weighted by Gasteiger charge is 2.16. The van der Waals surface area contributed by atoms with Gasteiger partial charge in [-0.1, -0.05) is 31.2 Å². The zero-order chi connectivity index (χ0) is 12.1. The van der Waals surface area contributed by atoms with Crippen molar-refractivity contribution in [3.63, 3.8) is 0 Å². The van der Waals surface area contributed by atoms with Gasteiger partial charge in [-0.15, -0.1) is 0 Å². The fourth-order valence-corrected chi connectivity index (χ4v) is 1.74. The maximum atomic E-state index is 11.7. The summed E-state index contributed by atoms with van der Waals surface area (Å²) >= 11 is 0. The molecule has 0 N–H and O–H groups in total. The molecule has 17 heavy (non-hydrogen) atoms. The van der Waals surface area contributed by atoms with Crippen molar-refractivity contribution in [1.29, 1.82) is 0 Å². The highest BCUT2D eigenvalue weighted by atomic mass is 16.7. The minimum Gasteiger partial charge on any atom is -0.271 e. The SMILES string of the molecule is CCc1ccc(/C=C/C(=O)N2CCCO2)cc1. The van der Waals surface area contributed by atoms with E-state index >= 15 is 0 Å². The lowest BCUT2D eigenvalue weighted by Gasteiger charge is -2.10. The van der Waals surface area contributed by atoms with Gasteiger partial charge in [0.05, 0.1) is 13.2 Å². The van der Waals surface area contributed by atoms with Gasteiger partial charge in [0.2, 0.25) is 0 Å². The molecule has 1 fully saturated rings. The van der Waals surface area contributed by atoms with Crippen LogP contribution in [0.4, 0.5) is 0 Å². The topological polar surface area (TPSA) is 29.5 Å². The van der Waals surface area contributed by atoms with E-state index in [1.807, 2.05) is 18.2 Å². The summed E-state index contributed by atoms with van der Waals surface area (Å²) in [4.78, 5) is 16.8. The van der Waals surface area contributed by atoms with Gasteiger partial charge in [0.15, 0.2) is 0 Å². The molecular weight excluding hydrogens is 214 g/mol. The Morgan fingerprint density at radius 1 is 1.41 bits per heavy atom. The lowest BCUT2D eigenvalue weighted by atomic mass is 10.1. The Morgan fingerprint density at radius 2 is 2.18 bits per heavy atom. The fourth-order valence-electron chi connectivity index (χ4n) is 1.74. The Hall–Kier alpha value is -1.61. The minimum absolute atomic E-state index is 0.0814. The van der Waals surface area contributed by atoms with E-state index in [1.54, 1.807) is 6.08 Å². The molecule has 1 aliphatic rings. The van der Waals surface area contributed by atoms with Crippen LogP contribution in [-0.2, 0) is 16.1 Å². The van der Waals surface area contributed by atoms with Crippen LogP contribution in [0.2, 0.25) is 0 Å². The molecule has 0 aromatic heterocycles. The predicted molar refractivity (Wildman–Crippen MR) is 67.1 cm³/mol. The first-order valence-electron chi connectivity index (χ1n) is 6.01. The molecule has 1 saturated heterocycles. The van der Waals surface area contributed by atoms with Crippen LogP contribution in [-0.4, -0.2) is 24.1 Å². The second-order valence-corrected chi connectivity index (χ2v) is 4.06. The molecule has 0 unspecified atom stereocenters. The molecule has 0 saturated carbocycles. The smallest absolute Gasteiger partial charge is 0.270 e. The van der Waals surface area contributed by atoms with E-state index in [-0.39, 0.29) is 5.91 Å². The molecule has 0 bridgehead atoms. The summed E-state index contributed by atoms with van der Waals surface area (Å²) in [6.07, 6.45) is 5.34. The maximum absolute atomic E-state index is 11.7. The van der Waals surface area contributed by atoms with Gasteiger partial charge in [-0.2, -0.15) is 0 Å². The Labute approximate surface area is 102 Å². The van der Waals surface area contributed by atoms with Crippen molar-refractivity contribution in [1.82, 2.24) is 5.06 Å². The molecule has 1 heterocycles. The first kappa shape index (κ1) is 11.9. The third-order valence-corrected chi connectivity index (χ3v) is 2.80. The number of nitrogens with zero attached hydrogens (tertiary/aromatic N) is 1. The van der Waals surface area contributed by atoms with Crippen LogP contribution in [0.3, 0.4) is 0 Å². The summed E-state index contributed by atoms with van der Waals surface area (Å²) in [6.45, 7) is 3.46. The second-order valence-electron chi connectivity index (χ2n) is 4.06. The molecule has 0 aliphatic carbocycles. The van der Waals surface area contributed by atoms with Crippen molar-refractivity contribution < 1.29 is 9.63 Å². The summed E-state index contributed by atoms with van der Waals surface area (Å²) in [5.74, 6) is -0.0814. The minimum atomic E-state index is -0.0814. The van der Waals surface area contributed by atoms with Crippen LogP contribution in [0.1, 0.15) is 24.5 Å². The zero-order valence-electron chi connectivity index (χ0n) is 10.1. The average molecular weight is 231 g/mol. The molecule has 1 aromatic rings. The third kappa shape index (κ3) is 3.17. The average Bonchev–Trinajstić information content (AvgIpc) is 2.90. The van der Waals surface area contributed by atoms with Gasteiger partial charge in [-0.3, -0.25) is 9.63 Å². The molecule has 90 valence electrons. The van der Waals surface area contributed by atoms with Crippen molar-refractivity contribution >= 4 is 12.0 Å². The highest BCUT2D eigenvalue weighted by molar-refractivity contribution is 5.91. The summed E-state index contributed by atoms with van der Waals surface area (Å²) < 4.78 is 0. The maximum Gasteiger partial charge on any atom is 0.270 e. The van der Waals surface area contributed by atoms with Crippen LogP contribution >= 0.6 is 0 Å². The third-order valence-electron chi connectivity index (χ3n) is 2.80. The van der Waals surface area contributed by atoms with Crippen molar-refractivity contribution in [2.24, 2.45) is 0 Å². The van der Waals surface area contributed by atoms with E-state index in [2.05, 4.69) is 19.1 Å². The van der Waals surface area contributed by atoms with E-state index in [4.69, 9.17) is 4.84 Å². The number of amides is 1. The normalized spacial score (nSPS) is 15.7. The summed E-state index contributed by atoms with van der Waals surface area (Å²) in [6, 6.07) is 8.20. The number of carbonyl (C=O) groups is 1. The molecule has 0 atom stereocenters. The molecular formula is C14H17NO2. The largest absolute Gasteiger partial charge is 0.271 e. The lowest BCUT2D eigenvalue weighted by Crippen LogP contribution is -2.24.